The van der Waals surface area contributed by atoms with Gasteiger partial charge in [0, 0.05) is 11.4 Å². The Hall–Kier alpha value is -2.41. The molecule has 22 heavy (non-hydrogen) atoms. The fourth-order valence-corrected chi connectivity index (χ4v) is 3.04. The molecule has 0 N–H and O–H groups in total. The SMILES string of the molecule is Fc1ccc2c(c1)OCCN2Cc1noc(-c2ccsc2)n1. The standard InChI is InChI=1S/C15H12FN3O2S/c16-11-1-2-12-13(7-11)20-5-4-19(12)8-14-17-15(21-18-14)10-3-6-22-9-10/h1-3,6-7,9H,4-5,8H2. The molecule has 4 rings (SSSR count). The van der Waals surface area contributed by atoms with E-state index >= 15 is 0 Å². The molecule has 2 aromatic heterocycles. The van der Waals surface area contributed by atoms with Crippen LogP contribution in [0.3, 0.4) is 0 Å². The molecule has 1 aliphatic heterocycles. The van der Waals surface area contributed by atoms with E-state index < -0.39 is 0 Å². The van der Waals surface area contributed by atoms with E-state index in [0.29, 0.717) is 37.2 Å². The van der Waals surface area contributed by atoms with Gasteiger partial charge < -0.3 is 14.2 Å². The first-order valence-corrected chi connectivity index (χ1v) is 7.76. The number of hydrogen-bond donors (Lipinski definition) is 0. The van der Waals surface area contributed by atoms with Crippen molar-refractivity contribution in [2.45, 2.75) is 6.54 Å². The predicted octanol–water partition coefficient (Wildman–Crippen LogP) is 3.34. The first-order chi connectivity index (χ1) is 10.8. The number of aromatic nitrogens is 2. The molecule has 3 heterocycles. The molecule has 0 saturated heterocycles. The van der Waals surface area contributed by atoms with Crippen molar-refractivity contribution in [1.29, 1.82) is 0 Å². The molecule has 0 amide bonds. The molecule has 0 saturated carbocycles. The lowest BCUT2D eigenvalue weighted by molar-refractivity contribution is 0.304. The second-order valence-corrected chi connectivity index (χ2v) is 5.69. The first kappa shape index (κ1) is 13.3. The maximum Gasteiger partial charge on any atom is 0.258 e. The number of thiophene rings is 1. The zero-order valence-electron chi connectivity index (χ0n) is 11.5. The van der Waals surface area contributed by atoms with E-state index in [1.807, 2.05) is 16.8 Å². The fourth-order valence-electron chi connectivity index (χ4n) is 2.41. The summed E-state index contributed by atoms with van der Waals surface area (Å²) >= 11 is 1.58. The number of fused-ring (bicyclic) bond motifs is 1. The zero-order valence-corrected chi connectivity index (χ0v) is 12.3. The van der Waals surface area contributed by atoms with Gasteiger partial charge in [0.2, 0.25) is 0 Å². The predicted molar refractivity (Wildman–Crippen MR) is 80.6 cm³/mol. The summed E-state index contributed by atoms with van der Waals surface area (Å²) in [7, 11) is 0. The van der Waals surface area contributed by atoms with E-state index in [0.717, 1.165) is 11.3 Å². The van der Waals surface area contributed by atoms with Gasteiger partial charge in [0.25, 0.3) is 5.89 Å². The zero-order chi connectivity index (χ0) is 14.9. The molecule has 0 atom stereocenters. The molecule has 0 spiro atoms. The highest BCUT2D eigenvalue weighted by molar-refractivity contribution is 7.08. The third-order valence-electron chi connectivity index (χ3n) is 3.45. The van der Waals surface area contributed by atoms with Gasteiger partial charge in [0.1, 0.15) is 18.2 Å². The number of nitrogens with zero attached hydrogens (tertiary/aromatic N) is 3. The topological polar surface area (TPSA) is 51.4 Å². The van der Waals surface area contributed by atoms with Crippen LogP contribution in [0.15, 0.2) is 39.5 Å². The minimum absolute atomic E-state index is 0.306. The molecule has 5 nitrogen and oxygen atoms in total. The van der Waals surface area contributed by atoms with E-state index in [1.54, 1.807) is 17.4 Å². The highest BCUT2D eigenvalue weighted by Crippen LogP contribution is 2.33. The van der Waals surface area contributed by atoms with Gasteiger partial charge in [-0.2, -0.15) is 16.3 Å². The van der Waals surface area contributed by atoms with E-state index in [9.17, 15) is 4.39 Å². The number of hydrogen-bond acceptors (Lipinski definition) is 6. The van der Waals surface area contributed by atoms with E-state index in [2.05, 4.69) is 15.0 Å². The van der Waals surface area contributed by atoms with Crippen LogP contribution in [0.5, 0.6) is 5.75 Å². The minimum atomic E-state index is -0.306. The second kappa shape index (κ2) is 5.42. The average Bonchev–Trinajstić information content (AvgIpc) is 3.18. The Bertz CT molecular complexity index is 788. The lowest BCUT2D eigenvalue weighted by Gasteiger charge is -2.30. The summed E-state index contributed by atoms with van der Waals surface area (Å²) in [6.07, 6.45) is 0. The van der Waals surface area contributed by atoms with Crippen molar-refractivity contribution >= 4 is 17.0 Å². The normalized spacial score (nSPS) is 13.8. The summed E-state index contributed by atoms with van der Waals surface area (Å²) in [6.45, 7) is 1.70. The molecular weight excluding hydrogens is 305 g/mol. The van der Waals surface area contributed by atoms with Gasteiger partial charge in [-0.25, -0.2) is 4.39 Å². The van der Waals surface area contributed by atoms with Crippen molar-refractivity contribution in [3.63, 3.8) is 0 Å². The van der Waals surface area contributed by atoms with E-state index in [4.69, 9.17) is 9.26 Å². The summed E-state index contributed by atoms with van der Waals surface area (Å²) in [5, 5.41) is 7.95. The van der Waals surface area contributed by atoms with Gasteiger partial charge >= 0.3 is 0 Å². The summed E-state index contributed by atoms with van der Waals surface area (Å²) < 4.78 is 24.0. The number of benzene rings is 1. The van der Waals surface area contributed by atoms with Crippen LogP contribution in [0, 0.1) is 5.82 Å². The molecule has 7 heteroatoms. The molecule has 1 aliphatic rings. The second-order valence-electron chi connectivity index (χ2n) is 4.91. The smallest absolute Gasteiger partial charge is 0.258 e. The lowest BCUT2D eigenvalue weighted by Crippen LogP contribution is -2.32. The highest BCUT2D eigenvalue weighted by atomic mass is 32.1. The van der Waals surface area contributed by atoms with E-state index in [-0.39, 0.29) is 5.82 Å². The highest BCUT2D eigenvalue weighted by Gasteiger charge is 2.21. The van der Waals surface area contributed by atoms with Crippen LogP contribution in [0.2, 0.25) is 0 Å². The fraction of sp³-hybridized carbons (Fsp3) is 0.200. The van der Waals surface area contributed by atoms with Crippen LogP contribution >= 0.6 is 11.3 Å². The maximum atomic E-state index is 13.3. The Morgan fingerprint density at radius 2 is 2.27 bits per heavy atom. The minimum Gasteiger partial charge on any atom is -0.489 e. The van der Waals surface area contributed by atoms with Crippen LogP contribution in [-0.4, -0.2) is 23.3 Å². The van der Waals surface area contributed by atoms with Gasteiger partial charge in [0.05, 0.1) is 24.3 Å². The van der Waals surface area contributed by atoms with Crippen LogP contribution in [0.1, 0.15) is 5.82 Å². The van der Waals surface area contributed by atoms with Crippen molar-refractivity contribution in [2.24, 2.45) is 0 Å². The van der Waals surface area contributed by atoms with Gasteiger partial charge in [-0.1, -0.05) is 5.16 Å². The lowest BCUT2D eigenvalue weighted by atomic mass is 10.2. The Labute approximate surface area is 129 Å². The number of ether oxygens (including phenoxy) is 1. The number of rotatable bonds is 3. The Balaban J connectivity index is 1.58. The molecule has 0 fully saturated rings. The molecule has 0 bridgehead atoms. The number of anilines is 1. The Morgan fingerprint density at radius 1 is 1.32 bits per heavy atom. The summed E-state index contributed by atoms with van der Waals surface area (Å²) in [5.74, 6) is 1.36. The third kappa shape index (κ3) is 2.43. The first-order valence-electron chi connectivity index (χ1n) is 6.82. The molecule has 0 aliphatic carbocycles. The molecular formula is C15H12FN3O2S. The van der Waals surface area contributed by atoms with Crippen molar-refractivity contribution in [3.8, 4) is 17.2 Å². The van der Waals surface area contributed by atoms with Crippen molar-refractivity contribution < 1.29 is 13.7 Å². The molecule has 3 aromatic rings. The third-order valence-corrected chi connectivity index (χ3v) is 4.13. The molecule has 0 radical (unpaired) electrons. The van der Waals surface area contributed by atoms with Crippen LogP contribution in [-0.2, 0) is 6.54 Å². The average molecular weight is 317 g/mol. The number of halogens is 1. The van der Waals surface area contributed by atoms with Gasteiger partial charge in [0.15, 0.2) is 5.82 Å². The van der Waals surface area contributed by atoms with Crippen molar-refractivity contribution in [2.75, 3.05) is 18.1 Å². The van der Waals surface area contributed by atoms with Crippen LogP contribution in [0.25, 0.3) is 11.5 Å². The Kier molecular flexibility index (Phi) is 3.27. The maximum absolute atomic E-state index is 13.3. The summed E-state index contributed by atoms with van der Waals surface area (Å²) in [6, 6.07) is 6.47. The Morgan fingerprint density at radius 3 is 3.14 bits per heavy atom. The quantitative estimate of drug-likeness (QED) is 0.741. The van der Waals surface area contributed by atoms with Gasteiger partial charge in [-0.15, -0.1) is 0 Å². The van der Waals surface area contributed by atoms with Crippen LogP contribution in [0.4, 0.5) is 10.1 Å². The van der Waals surface area contributed by atoms with Gasteiger partial charge in [-0.05, 0) is 23.6 Å². The molecule has 0 unspecified atom stereocenters. The molecule has 1 aromatic carbocycles. The van der Waals surface area contributed by atoms with E-state index in [1.165, 1.54) is 12.1 Å². The summed E-state index contributed by atoms with van der Waals surface area (Å²) in [5.41, 5.74) is 1.77. The molecule has 112 valence electrons. The van der Waals surface area contributed by atoms with Gasteiger partial charge in [-0.3, -0.25) is 0 Å². The van der Waals surface area contributed by atoms with Crippen molar-refractivity contribution in [1.82, 2.24) is 10.1 Å². The monoisotopic (exact) mass is 317 g/mol. The largest absolute Gasteiger partial charge is 0.489 e. The van der Waals surface area contributed by atoms with Crippen LogP contribution < -0.4 is 9.64 Å². The summed E-state index contributed by atoms with van der Waals surface area (Å²) in [4.78, 5) is 6.47. The van der Waals surface area contributed by atoms with Crippen molar-refractivity contribution in [3.05, 3.63) is 46.7 Å².